The molecule has 1 aromatic carbocycles. The third-order valence-corrected chi connectivity index (χ3v) is 5.38. The van der Waals surface area contributed by atoms with Crippen LogP contribution in [0.15, 0.2) is 29.6 Å². The van der Waals surface area contributed by atoms with Crippen molar-refractivity contribution >= 4 is 46.1 Å². The van der Waals surface area contributed by atoms with E-state index in [4.69, 9.17) is 23.2 Å². The van der Waals surface area contributed by atoms with Gasteiger partial charge in [-0.1, -0.05) is 29.3 Å². The molecule has 0 saturated heterocycles. The van der Waals surface area contributed by atoms with E-state index in [2.05, 4.69) is 16.8 Å². The number of thiophene rings is 1. The molecule has 0 atom stereocenters. The van der Waals surface area contributed by atoms with Gasteiger partial charge in [-0.05, 0) is 35.6 Å². The van der Waals surface area contributed by atoms with Crippen LogP contribution in [0, 0.1) is 0 Å². The number of fused-ring (bicyclic) bond motifs is 1. The summed E-state index contributed by atoms with van der Waals surface area (Å²) in [6, 6.07) is 7.44. The van der Waals surface area contributed by atoms with Gasteiger partial charge in [-0.3, -0.25) is 4.79 Å². The fourth-order valence-corrected chi connectivity index (χ4v) is 3.64. The van der Waals surface area contributed by atoms with Gasteiger partial charge in [0, 0.05) is 18.0 Å². The first-order valence-electron chi connectivity index (χ1n) is 6.66. The predicted octanol–water partition coefficient (Wildman–Crippen LogP) is 4.05. The van der Waals surface area contributed by atoms with Gasteiger partial charge in [0.05, 0.1) is 22.3 Å². The summed E-state index contributed by atoms with van der Waals surface area (Å²) < 4.78 is 0. The van der Waals surface area contributed by atoms with Crippen molar-refractivity contribution in [1.29, 1.82) is 0 Å². The molecular formula is C15H14Cl2N2OS. The number of amides is 1. The summed E-state index contributed by atoms with van der Waals surface area (Å²) in [7, 11) is 0. The summed E-state index contributed by atoms with van der Waals surface area (Å²) in [5, 5.41) is 6.08. The molecule has 6 heteroatoms. The van der Waals surface area contributed by atoms with Gasteiger partial charge in [0.2, 0.25) is 5.91 Å². The minimum Gasteiger partial charge on any atom is -0.375 e. The highest BCUT2D eigenvalue weighted by molar-refractivity contribution is 7.10. The first-order chi connectivity index (χ1) is 10.1. The summed E-state index contributed by atoms with van der Waals surface area (Å²) in [5.74, 6) is 0.0721. The second kappa shape index (κ2) is 6.26. The van der Waals surface area contributed by atoms with E-state index in [0.717, 1.165) is 13.0 Å². The highest BCUT2D eigenvalue weighted by atomic mass is 35.5. The van der Waals surface area contributed by atoms with E-state index in [9.17, 15) is 4.79 Å². The Morgan fingerprint density at radius 2 is 2.19 bits per heavy atom. The van der Waals surface area contributed by atoms with Gasteiger partial charge in [0.15, 0.2) is 0 Å². The fraction of sp³-hybridized carbons (Fsp3) is 0.267. The second-order valence-corrected chi connectivity index (χ2v) is 6.68. The quantitative estimate of drug-likeness (QED) is 0.913. The van der Waals surface area contributed by atoms with Crippen molar-refractivity contribution in [3.63, 3.8) is 0 Å². The predicted molar refractivity (Wildman–Crippen MR) is 88.4 cm³/mol. The Bertz CT molecular complexity index is 671. The summed E-state index contributed by atoms with van der Waals surface area (Å²) in [5.41, 5.74) is 1.95. The Labute approximate surface area is 137 Å². The van der Waals surface area contributed by atoms with Gasteiger partial charge in [-0.25, -0.2) is 0 Å². The Kier molecular flexibility index (Phi) is 4.38. The van der Waals surface area contributed by atoms with Crippen LogP contribution >= 0.6 is 34.5 Å². The zero-order valence-electron chi connectivity index (χ0n) is 11.2. The summed E-state index contributed by atoms with van der Waals surface area (Å²) in [6.07, 6.45) is 0.941. The number of nitrogens with one attached hydrogen (secondary N) is 1. The highest BCUT2D eigenvalue weighted by Crippen LogP contribution is 2.29. The fourth-order valence-electron chi connectivity index (χ4n) is 2.38. The lowest BCUT2D eigenvalue weighted by atomic mass is 10.1. The maximum Gasteiger partial charge on any atom is 0.242 e. The molecule has 0 bridgehead atoms. The minimum absolute atomic E-state index is 0.0721. The van der Waals surface area contributed by atoms with E-state index >= 15 is 0 Å². The van der Waals surface area contributed by atoms with Gasteiger partial charge in [0.25, 0.3) is 0 Å². The number of hydrogen-bond acceptors (Lipinski definition) is 3. The molecule has 0 unspecified atom stereocenters. The lowest BCUT2D eigenvalue weighted by Gasteiger charge is -2.27. The van der Waals surface area contributed by atoms with E-state index < -0.39 is 0 Å². The lowest BCUT2D eigenvalue weighted by molar-refractivity contribution is -0.130. The molecule has 0 saturated carbocycles. The van der Waals surface area contributed by atoms with Crippen molar-refractivity contribution < 1.29 is 4.79 Å². The van der Waals surface area contributed by atoms with E-state index in [1.54, 1.807) is 23.5 Å². The van der Waals surface area contributed by atoms with E-state index in [-0.39, 0.29) is 12.5 Å². The van der Waals surface area contributed by atoms with Crippen molar-refractivity contribution in [2.45, 2.75) is 13.0 Å². The van der Waals surface area contributed by atoms with Gasteiger partial charge >= 0.3 is 0 Å². The second-order valence-electron chi connectivity index (χ2n) is 4.89. The van der Waals surface area contributed by atoms with Gasteiger partial charge in [-0.2, -0.15) is 0 Å². The molecule has 0 aliphatic carbocycles. The summed E-state index contributed by atoms with van der Waals surface area (Å²) >= 11 is 13.8. The van der Waals surface area contributed by atoms with Crippen molar-refractivity contribution in [2.75, 3.05) is 18.4 Å². The lowest BCUT2D eigenvalue weighted by Crippen LogP contribution is -2.38. The molecule has 0 fully saturated rings. The van der Waals surface area contributed by atoms with Crippen LogP contribution in [-0.4, -0.2) is 23.9 Å². The number of nitrogens with zero attached hydrogens (tertiary/aromatic N) is 1. The van der Waals surface area contributed by atoms with Crippen LogP contribution < -0.4 is 5.32 Å². The Morgan fingerprint density at radius 3 is 3.05 bits per heavy atom. The number of benzene rings is 1. The van der Waals surface area contributed by atoms with E-state index in [0.29, 0.717) is 22.3 Å². The topological polar surface area (TPSA) is 32.3 Å². The first-order valence-corrected chi connectivity index (χ1v) is 8.29. The molecule has 3 rings (SSSR count). The molecule has 0 spiro atoms. The number of hydrogen-bond donors (Lipinski definition) is 1. The van der Waals surface area contributed by atoms with Crippen molar-refractivity contribution in [3.05, 3.63) is 50.1 Å². The number of carbonyl (C=O) groups is 1. The molecule has 110 valence electrons. The zero-order valence-corrected chi connectivity index (χ0v) is 13.6. The standard InChI is InChI=1S/C15H14Cl2N2OS/c16-11-2-1-3-12(15(11)17)18-8-14(20)19-6-4-13-10(9-19)5-7-21-13/h1-3,5,7,18H,4,6,8-9H2. The van der Waals surface area contributed by atoms with Crippen LogP contribution in [-0.2, 0) is 17.8 Å². The monoisotopic (exact) mass is 340 g/mol. The maximum atomic E-state index is 12.3. The third-order valence-electron chi connectivity index (χ3n) is 3.54. The molecule has 1 aliphatic rings. The van der Waals surface area contributed by atoms with Crippen LogP contribution in [0.1, 0.15) is 10.4 Å². The molecule has 2 aromatic rings. The van der Waals surface area contributed by atoms with Crippen LogP contribution in [0.3, 0.4) is 0 Å². The molecule has 2 heterocycles. The number of carbonyl (C=O) groups excluding carboxylic acids is 1. The smallest absolute Gasteiger partial charge is 0.242 e. The molecule has 1 N–H and O–H groups in total. The molecular weight excluding hydrogens is 327 g/mol. The largest absolute Gasteiger partial charge is 0.375 e. The number of anilines is 1. The molecule has 0 radical (unpaired) electrons. The van der Waals surface area contributed by atoms with Crippen LogP contribution in [0.5, 0.6) is 0 Å². The molecule has 1 amide bonds. The SMILES string of the molecule is O=C(CNc1cccc(Cl)c1Cl)N1CCc2sccc2C1. The Morgan fingerprint density at radius 1 is 1.33 bits per heavy atom. The molecule has 1 aromatic heterocycles. The summed E-state index contributed by atoms with van der Waals surface area (Å²) in [4.78, 5) is 15.6. The van der Waals surface area contributed by atoms with Gasteiger partial charge in [-0.15, -0.1) is 11.3 Å². The van der Waals surface area contributed by atoms with Crippen molar-refractivity contribution in [2.24, 2.45) is 0 Å². The highest BCUT2D eigenvalue weighted by Gasteiger charge is 2.21. The summed E-state index contributed by atoms with van der Waals surface area (Å²) in [6.45, 7) is 1.69. The Balaban J connectivity index is 1.61. The average molecular weight is 341 g/mol. The van der Waals surface area contributed by atoms with Crippen molar-refractivity contribution in [1.82, 2.24) is 4.90 Å². The van der Waals surface area contributed by atoms with E-state index in [1.165, 1.54) is 10.4 Å². The first kappa shape index (κ1) is 14.7. The molecule has 3 nitrogen and oxygen atoms in total. The zero-order chi connectivity index (χ0) is 14.8. The molecule has 21 heavy (non-hydrogen) atoms. The third kappa shape index (κ3) is 3.18. The molecule has 1 aliphatic heterocycles. The average Bonchev–Trinajstić information content (AvgIpc) is 2.96. The van der Waals surface area contributed by atoms with Crippen LogP contribution in [0.2, 0.25) is 10.0 Å². The van der Waals surface area contributed by atoms with Crippen LogP contribution in [0.25, 0.3) is 0 Å². The van der Waals surface area contributed by atoms with E-state index in [1.807, 2.05) is 11.0 Å². The maximum absolute atomic E-state index is 12.3. The Hall–Kier alpha value is -1.23. The minimum atomic E-state index is 0.0721. The number of halogens is 2. The van der Waals surface area contributed by atoms with Crippen LogP contribution in [0.4, 0.5) is 5.69 Å². The van der Waals surface area contributed by atoms with Gasteiger partial charge in [0.1, 0.15) is 0 Å². The number of rotatable bonds is 3. The van der Waals surface area contributed by atoms with Crippen molar-refractivity contribution in [3.8, 4) is 0 Å². The normalized spacial score (nSPS) is 13.9. The van der Waals surface area contributed by atoms with Gasteiger partial charge < -0.3 is 10.2 Å².